The molecule has 0 spiro atoms. The van der Waals surface area contributed by atoms with Crippen molar-refractivity contribution in [3.63, 3.8) is 0 Å². The molecule has 1 unspecified atom stereocenters. The minimum Gasteiger partial charge on any atom is -0.344 e. The van der Waals surface area contributed by atoms with E-state index in [0.717, 1.165) is 5.56 Å². The number of hydrogen-bond acceptors (Lipinski definition) is 4. The highest BCUT2D eigenvalue weighted by Crippen LogP contribution is 2.15. The average Bonchev–Trinajstić information content (AvgIpc) is 2.91. The van der Waals surface area contributed by atoms with E-state index in [1.54, 1.807) is 11.3 Å². The summed E-state index contributed by atoms with van der Waals surface area (Å²) in [5.74, 6) is -0.220. The quantitative estimate of drug-likeness (QED) is 0.823. The molecule has 0 aliphatic heterocycles. The van der Waals surface area contributed by atoms with E-state index in [0.29, 0.717) is 5.69 Å². The van der Waals surface area contributed by atoms with E-state index in [9.17, 15) is 4.79 Å². The van der Waals surface area contributed by atoms with Crippen molar-refractivity contribution < 1.29 is 4.79 Å². The highest BCUT2D eigenvalue weighted by molar-refractivity contribution is 7.07. The average molecular weight is 222 g/mol. The van der Waals surface area contributed by atoms with Gasteiger partial charge in [-0.05, 0) is 29.3 Å². The predicted molar refractivity (Wildman–Crippen MR) is 56.6 cm³/mol. The fourth-order valence-corrected chi connectivity index (χ4v) is 1.94. The van der Waals surface area contributed by atoms with Crippen molar-refractivity contribution in [2.75, 3.05) is 0 Å². The number of carbonyl (C=O) groups excluding carboxylic acids is 1. The molecule has 78 valence electrons. The van der Waals surface area contributed by atoms with E-state index in [1.807, 2.05) is 23.8 Å². The third-order valence-electron chi connectivity index (χ3n) is 2.04. The number of amides is 1. The Labute approximate surface area is 90.5 Å². The van der Waals surface area contributed by atoms with Crippen LogP contribution in [0.4, 0.5) is 0 Å². The van der Waals surface area contributed by atoms with Crippen molar-refractivity contribution in [1.29, 1.82) is 0 Å². The molecule has 0 aliphatic carbocycles. The van der Waals surface area contributed by atoms with E-state index in [-0.39, 0.29) is 11.9 Å². The molecule has 0 radical (unpaired) electrons. The zero-order chi connectivity index (χ0) is 10.7. The van der Waals surface area contributed by atoms with Crippen LogP contribution in [0.1, 0.15) is 29.0 Å². The van der Waals surface area contributed by atoms with E-state index < -0.39 is 0 Å². The van der Waals surface area contributed by atoms with Crippen LogP contribution in [0.5, 0.6) is 0 Å². The minimum absolute atomic E-state index is 0.0135. The van der Waals surface area contributed by atoms with Crippen molar-refractivity contribution in [2.45, 2.75) is 13.0 Å². The maximum Gasteiger partial charge on any atom is 0.273 e. The summed E-state index contributed by atoms with van der Waals surface area (Å²) in [5.41, 5.74) is 1.40. The Bertz CT molecular complexity index is 423. The lowest BCUT2D eigenvalue weighted by Gasteiger charge is -2.10. The van der Waals surface area contributed by atoms with Crippen molar-refractivity contribution >= 4 is 17.2 Å². The Morgan fingerprint density at radius 3 is 3.13 bits per heavy atom. The number of hydrogen-bond donors (Lipinski definition) is 2. The molecule has 0 aromatic carbocycles. The molecular weight excluding hydrogens is 212 g/mol. The van der Waals surface area contributed by atoms with Gasteiger partial charge in [0.05, 0.1) is 12.2 Å². The van der Waals surface area contributed by atoms with Gasteiger partial charge in [0.1, 0.15) is 0 Å². The summed E-state index contributed by atoms with van der Waals surface area (Å²) in [4.78, 5) is 11.6. The molecule has 2 aromatic rings. The van der Waals surface area contributed by atoms with E-state index >= 15 is 0 Å². The summed E-state index contributed by atoms with van der Waals surface area (Å²) in [5, 5.41) is 16.5. The number of H-pyrrole nitrogens is 1. The van der Waals surface area contributed by atoms with Crippen LogP contribution in [0.15, 0.2) is 23.0 Å². The first kappa shape index (κ1) is 9.85. The molecular formula is C9H10N4OS. The van der Waals surface area contributed by atoms with Crippen LogP contribution in [0.25, 0.3) is 0 Å². The topological polar surface area (TPSA) is 70.7 Å². The van der Waals surface area contributed by atoms with E-state index in [1.165, 1.54) is 6.20 Å². The van der Waals surface area contributed by atoms with Crippen LogP contribution in [-0.2, 0) is 0 Å². The Morgan fingerprint density at radius 1 is 1.67 bits per heavy atom. The number of rotatable bonds is 3. The van der Waals surface area contributed by atoms with Crippen molar-refractivity contribution in [3.8, 4) is 0 Å². The van der Waals surface area contributed by atoms with Gasteiger partial charge in [-0.1, -0.05) is 0 Å². The Kier molecular flexibility index (Phi) is 2.77. The number of aromatic amines is 1. The molecule has 0 saturated heterocycles. The second-order valence-corrected chi connectivity index (χ2v) is 3.89. The third-order valence-corrected chi connectivity index (χ3v) is 2.74. The SMILES string of the molecule is CC(NC(=O)c1cn[nH]n1)c1ccsc1. The van der Waals surface area contributed by atoms with Gasteiger partial charge in [-0.2, -0.15) is 26.7 Å². The Hall–Kier alpha value is -1.69. The van der Waals surface area contributed by atoms with Gasteiger partial charge < -0.3 is 5.32 Å². The lowest BCUT2D eigenvalue weighted by molar-refractivity contribution is 0.0935. The molecule has 6 heteroatoms. The minimum atomic E-state index is -0.220. The summed E-state index contributed by atoms with van der Waals surface area (Å²) in [6, 6.07) is 1.97. The molecule has 1 atom stereocenters. The van der Waals surface area contributed by atoms with Crippen LogP contribution >= 0.6 is 11.3 Å². The predicted octanol–water partition coefficient (Wildman–Crippen LogP) is 1.36. The molecule has 0 aliphatic rings. The third kappa shape index (κ3) is 2.21. The zero-order valence-corrected chi connectivity index (χ0v) is 8.91. The van der Waals surface area contributed by atoms with Gasteiger partial charge in [0.25, 0.3) is 5.91 Å². The highest BCUT2D eigenvalue weighted by atomic mass is 32.1. The van der Waals surface area contributed by atoms with Crippen molar-refractivity contribution in [3.05, 3.63) is 34.3 Å². The Morgan fingerprint density at radius 2 is 2.53 bits per heavy atom. The smallest absolute Gasteiger partial charge is 0.273 e. The van der Waals surface area contributed by atoms with Crippen LogP contribution in [0.2, 0.25) is 0 Å². The van der Waals surface area contributed by atoms with Gasteiger partial charge in [0.15, 0.2) is 5.69 Å². The molecule has 2 N–H and O–H groups in total. The molecule has 0 fully saturated rings. The number of nitrogens with one attached hydrogen (secondary N) is 2. The highest BCUT2D eigenvalue weighted by Gasteiger charge is 2.13. The number of carbonyl (C=O) groups is 1. The van der Waals surface area contributed by atoms with Gasteiger partial charge in [-0.25, -0.2) is 0 Å². The first-order valence-electron chi connectivity index (χ1n) is 4.46. The zero-order valence-electron chi connectivity index (χ0n) is 8.10. The Balaban J connectivity index is 2.01. The lowest BCUT2D eigenvalue weighted by Crippen LogP contribution is -2.26. The second-order valence-electron chi connectivity index (χ2n) is 3.11. The largest absolute Gasteiger partial charge is 0.344 e. The van der Waals surface area contributed by atoms with Crippen molar-refractivity contribution in [2.24, 2.45) is 0 Å². The summed E-state index contributed by atoms with van der Waals surface area (Å²) in [6.45, 7) is 1.93. The first-order valence-corrected chi connectivity index (χ1v) is 5.40. The molecule has 1 amide bonds. The number of thiophene rings is 1. The first-order chi connectivity index (χ1) is 7.27. The van der Waals surface area contributed by atoms with Gasteiger partial charge in [-0.3, -0.25) is 4.79 Å². The van der Waals surface area contributed by atoms with Gasteiger partial charge in [0.2, 0.25) is 0 Å². The maximum atomic E-state index is 11.6. The summed E-state index contributed by atoms with van der Waals surface area (Å²) in [6.07, 6.45) is 1.40. The fourth-order valence-electron chi connectivity index (χ4n) is 1.19. The molecule has 0 bridgehead atoms. The van der Waals surface area contributed by atoms with Crippen LogP contribution < -0.4 is 5.32 Å². The second kappa shape index (κ2) is 4.22. The van der Waals surface area contributed by atoms with E-state index in [4.69, 9.17) is 0 Å². The monoisotopic (exact) mass is 222 g/mol. The lowest BCUT2D eigenvalue weighted by atomic mass is 10.2. The number of aromatic nitrogens is 3. The van der Waals surface area contributed by atoms with Gasteiger partial charge in [0, 0.05) is 0 Å². The standard InChI is InChI=1S/C9H10N4OS/c1-6(7-2-3-15-5-7)11-9(14)8-4-10-13-12-8/h2-6H,1H3,(H,11,14)(H,10,12,13). The normalized spacial score (nSPS) is 12.3. The molecule has 15 heavy (non-hydrogen) atoms. The van der Waals surface area contributed by atoms with Gasteiger partial charge >= 0.3 is 0 Å². The summed E-state index contributed by atoms with van der Waals surface area (Å²) in [7, 11) is 0. The number of nitrogens with zero attached hydrogens (tertiary/aromatic N) is 2. The van der Waals surface area contributed by atoms with Gasteiger partial charge in [-0.15, -0.1) is 0 Å². The fraction of sp³-hybridized carbons (Fsp3) is 0.222. The molecule has 2 heterocycles. The molecule has 2 rings (SSSR count). The maximum absolute atomic E-state index is 11.6. The molecule has 2 aromatic heterocycles. The van der Waals surface area contributed by atoms with Crippen LogP contribution in [0, 0.1) is 0 Å². The van der Waals surface area contributed by atoms with E-state index in [2.05, 4.69) is 20.7 Å². The summed E-state index contributed by atoms with van der Waals surface area (Å²) < 4.78 is 0. The van der Waals surface area contributed by atoms with Crippen molar-refractivity contribution in [1.82, 2.24) is 20.7 Å². The molecule has 0 saturated carbocycles. The van der Waals surface area contributed by atoms with Crippen LogP contribution in [0.3, 0.4) is 0 Å². The summed E-state index contributed by atoms with van der Waals surface area (Å²) >= 11 is 1.61. The van der Waals surface area contributed by atoms with Crippen LogP contribution in [-0.4, -0.2) is 21.3 Å². The molecule has 5 nitrogen and oxygen atoms in total.